The molecular formula is C24H26N2O4S. The van der Waals surface area contributed by atoms with Gasteiger partial charge in [0.15, 0.2) is 0 Å². The monoisotopic (exact) mass is 438 g/mol. The van der Waals surface area contributed by atoms with Crippen LogP contribution in [0.5, 0.6) is 5.75 Å². The van der Waals surface area contributed by atoms with Crippen LogP contribution in [-0.4, -0.2) is 27.5 Å². The number of amides is 1. The third-order valence-corrected chi connectivity index (χ3v) is 6.40. The van der Waals surface area contributed by atoms with Crippen molar-refractivity contribution >= 4 is 21.6 Å². The molecule has 0 saturated carbocycles. The zero-order valence-electron chi connectivity index (χ0n) is 17.6. The number of benzene rings is 3. The summed E-state index contributed by atoms with van der Waals surface area (Å²) in [5.74, 6) is 0.324. The van der Waals surface area contributed by atoms with Crippen molar-refractivity contribution in [1.82, 2.24) is 5.32 Å². The smallest absolute Gasteiger partial charge is 0.264 e. The van der Waals surface area contributed by atoms with E-state index in [0.717, 1.165) is 21.2 Å². The van der Waals surface area contributed by atoms with Crippen LogP contribution in [-0.2, 0) is 21.4 Å². The van der Waals surface area contributed by atoms with Crippen LogP contribution in [0, 0.1) is 6.92 Å². The van der Waals surface area contributed by atoms with Gasteiger partial charge in [0.2, 0.25) is 5.91 Å². The number of carbonyl (C=O) groups is 1. The lowest BCUT2D eigenvalue weighted by Gasteiger charge is -2.24. The maximum atomic E-state index is 13.3. The van der Waals surface area contributed by atoms with E-state index >= 15 is 0 Å². The molecule has 0 fully saturated rings. The fourth-order valence-electron chi connectivity index (χ4n) is 3.12. The molecule has 7 heteroatoms. The van der Waals surface area contributed by atoms with Gasteiger partial charge in [0, 0.05) is 6.54 Å². The summed E-state index contributed by atoms with van der Waals surface area (Å²) in [4.78, 5) is 12.9. The van der Waals surface area contributed by atoms with Gasteiger partial charge in [-0.25, -0.2) is 8.42 Å². The molecule has 0 aliphatic rings. The van der Waals surface area contributed by atoms with Crippen molar-refractivity contribution in [3.05, 3.63) is 90.0 Å². The Morgan fingerprint density at radius 3 is 2.42 bits per heavy atom. The number of carbonyl (C=O) groups excluding carboxylic acids is 1. The zero-order chi connectivity index (χ0) is 22.3. The Kier molecular flexibility index (Phi) is 7.31. The van der Waals surface area contributed by atoms with Gasteiger partial charge in [0.1, 0.15) is 12.3 Å². The fourth-order valence-corrected chi connectivity index (χ4v) is 4.55. The molecule has 162 valence electrons. The summed E-state index contributed by atoms with van der Waals surface area (Å²) < 4.78 is 33.2. The van der Waals surface area contributed by atoms with Gasteiger partial charge in [-0.2, -0.15) is 0 Å². The van der Waals surface area contributed by atoms with E-state index in [2.05, 4.69) is 5.32 Å². The third-order valence-electron chi connectivity index (χ3n) is 4.61. The van der Waals surface area contributed by atoms with Crippen molar-refractivity contribution in [3.63, 3.8) is 0 Å². The van der Waals surface area contributed by atoms with Crippen molar-refractivity contribution < 1.29 is 17.9 Å². The molecule has 3 rings (SSSR count). The minimum absolute atomic E-state index is 0.133. The van der Waals surface area contributed by atoms with Crippen LogP contribution in [0.1, 0.15) is 18.1 Å². The molecule has 0 saturated heterocycles. The van der Waals surface area contributed by atoms with Crippen molar-refractivity contribution in [2.24, 2.45) is 0 Å². The first-order valence-corrected chi connectivity index (χ1v) is 11.5. The number of nitrogens with one attached hydrogen (secondary N) is 1. The maximum absolute atomic E-state index is 13.3. The number of aryl methyl sites for hydroxylation is 1. The lowest BCUT2D eigenvalue weighted by Crippen LogP contribution is -2.40. The van der Waals surface area contributed by atoms with E-state index in [0.29, 0.717) is 12.3 Å². The second kappa shape index (κ2) is 10.1. The van der Waals surface area contributed by atoms with Crippen LogP contribution in [0.4, 0.5) is 5.69 Å². The van der Waals surface area contributed by atoms with Gasteiger partial charge in [0.05, 0.1) is 17.2 Å². The van der Waals surface area contributed by atoms with Gasteiger partial charge in [-0.1, -0.05) is 42.5 Å². The molecule has 0 aliphatic heterocycles. The minimum atomic E-state index is -3.91. The molecule has 0 aliphatic carbocycles. The number of nitrogens with zero attached hydrogens (tertiary/aromatic N) is 1. The molecule has 0 bridgehead atoms. The highest BCUT2D eigenvalue weighted by Crippen LogP contribution is 2.24. The van der Waals surface area contributed by atoms with Gasteiger partial charge in [0.25, 0.3) is 10.0 Å². The Hall–Kier alpha value is -3.32. The third kappa shape index (κ3) is 5.86. The van der Waals surface area contributed by atoms with E-state index in [9.17, 15) is 13.2 Å². The lowest BCUT2D eigenvalue weighted by molar-refractivity contribution is -0.119. The summed E-state index contributed by atoms with van der Waals surface area (Å²) in [6.07, 6.45) is 0. The zero-order valence-corrected chi connectivity index (χ0v) is 18.4. The van der Waals surface area contributed by atoms with Crippen LogP contribution >= 0.6 is 0 Å². The molecule has 0 aromatic heterocycles. The molecule has 1 N–H and O–H groups in total. The number of hydrogen-bond donors (Lipinski definition) is 1. The van der Waals surface area contributed by atoms with E-state index < -0.39 is 15.9 Å². The number of anilines is 1. The molecule has 0 spiro atoms. The Balaban J connectivity index is 1.80. The second-order valence-electron chi connectivity index (χ2n) is 7.02. The molecule has 0 atom stereocenters. The van der Waals surface area contributed by atoms with Crippen molar-refractivity contribution in [2.45, 2.75) is 25.3 Å². The summed E-state index contributed by atoms with van der Waals surface area (Å²) in [5.41, 5.74) is 2.21. The summed E-state index contributed by atoms with van der Waals surface area (Å²) in [7, 11) is -3.91. The average molecular weight is 439 g/mol. The van der Waals surface area contributed by atoms with Gasteiger partial charge in [-0.3, -0.25) is 9.10 Å². The molecule has 3 aromatic rings. The summed E-state index contributed by atoms with van der Waals surface area (Å²) in [6, 6.07) is 22.6. The largest absolute Gasteiger partial charge is 0.494 e. The summed E-state index contributed by atoms with van der Waals surface area (Å²) >= 11 is 0. The highest BCUT2D eigenvalue weighted by atomic mass is 32.2. The van der Waals surface area contributed by atoms with Gasteiger partial charge in [-0.15, -0.1) is 0 Å². The Morgan fingerprint density at radius 2 is 1.71 bits per heavy atom. The van der Waals surface area contributed by atoms with Gasteiger partial charge < -0.3 is 10.1 Å². The van der Waals surface area contributed by atoms with E-state index in [-0.39, 0.29) is 18.0 Å². The molecule has 6 nitrogen and oxygen atoms in total. The normalized spacial score (nSPS) is 11.0. The molecular weight excluding hydrogens is 412 g/mol. The standard InChI is InChI=1S/C24H26N2O4S/c1-3-30-22-12-8-10-20(16-22)17-25-24(27)18-26(21-11-7-9-19(2)15-21)31(28,29)23-13-5-4-6-14-23/h4-16H,3,17-18H2,1-2H3,(H,25,27). The Bertz CT molecular complexity index is 1130. The van der Waals surface area contributed by atoms with Crippen LogP contribution in [0.2, 0.25) is 0 Å². The van der Waals surface area contributed by atoms with Crippen LogP contribution in [0.15, 0.2) is 83.8 Å². The van der Waals surface area contributed by atoms with E-state index in [1.54, 1.807) is 36.4 Å². The quantitative estimate of drug-likeness (QED) is 0.550. The first-order chi connectivity index (χ1) is 14.9. The highest BCUT2D eigenvalue weighted by Gasteiger charge is 2.27. The van der Waals surface area contributed by atoms with Crippen molar-refractivity contribution in [1.29, 1.82) is 0 Å². The predicted molar refractivity (Wildman–Crippen MR) is 122 cm³/mol. The molecule has 0 radical (unpaired) electrons. The van der Waals surface area contributed by atoms with E-state index in [1.807, 2.05) is 44.2 Å². The number of hydrogen-bond acceptors (Lipinski definition) is 4. The molecule has 3 aromatic carbocycles. The van der Waals surface area contributed by atoms with Gasteiger partial charge >= 0.3 is 0 Å². The maximum Gasteiger partial charge on any atom is 0.264 e. The van der Waals surface area contributed by atoms with E-state index in [4.69, 9.17) is 4.74 Å². The topological polar surface area (TPSA) is 75.7 Å². The fraction of sp³-hybridized carbons (Fsp3) is 0.208. The van der Waals surface area contributed by atoms with Crippen molar-refractivity contribution in [3.8, 4) is 5.75 Å². The molecule has 1 amide bonds. The average Bonchev–Trinajstić information content (AvgIpc) is 2.77. The second-order valence-corrected chi connectivity index (χ2v) is 8.88. The summed E-state index contributed by atoms with van der Waals surface area (Å²) in [5, 5.41) is 2.81. The SMILES string of the molecule is CCOc1cccc(CNC(=O)CN(c2cccc(C)c2)S(=O)(=O)c2ccccc2)c1. The minimum Gasteiger partial charge on any atom is -0.494 e. The van der Waals surface area contributed by atoms with Crippen LogP contribution < -0.4 is 14.4 Å². The number of ether oxygens (including phenoxy) is 1. The Morgan fingerprint density at radius 1 is 0.968 bits per heavy atom. The first-order valence-electron chi connectivity index (χ1n) is 10.0. The van der Waals surface area contributed by atoms with E-state index in [1.165, 1.54) is 12.1 Å². The molecule has 0 heterocycles. The molecule has 31 heavy (non-hydrogen) atoms. The number of sulfonamides is 1. The first kappa shape index (κ1) is 22.4. The van der Waals surface area contributed by atoms with Crippen LogP contribution in [0.25, 0.3) is 0 Å². The van der Waals surface area contributed by atoms with Gasteiger partial charge in [-0.05, 0) is 61.4 Å². The number of rotatable bonds is 9. The molecule has 0 unspecified atom stereocenters. The van der Waals surface area contributed by atoms with Crippen LogP contribution in [0.3, 0.4) is 0 Å². The Labute approximate surface area is 183 Å². The highest BCUT2D eigenvalue weighted by molar-refractivity contribution is 7.92. The summed E-state index contributed by atoms with van der Waals surface area (Å²) in [6.45, 7) is 4.28. The van der Waals surface area contributed by atoms with Crippen molar-refractivity contribution in [2.75, 3.05) is 17.5 Å². The predicted octanol–water partition coefficient (Wildman–Crippen LogP) is 3.91. The lowest BCUT2D eigenvalue weighted by atomic mass is 10.2.